The fourth-order valence-electron chi connectivity index (χ4n) is 3.46. The summed E-state index contributed by atoms with van der Waals surface area (Å²) in [6.07, 6.45) is -5.59. The lowest BCUT2D eigenvalue weighted by molar-refractivity contribution is -0.227. The van der Waals surface area contributed by atoms with Gasteiger partial charge in [-0.3, -0.25) is 9.59 Å². The Labute approximate surface area is 153 Å². The van der Waals surface area contributed by atoms with Crippen molar-refractivity contribution in [2.75, 3.05) is 26.3 Å². The van der Waals surface area contributed by atoms with Crippen LogP contribution >= 0.6 is 0 Å². The van der Waals surface area contributed by atoms with Crippen molar-refractivity contribution in [2.24, 2.45) is 5.41 Å². The Bertz CT molecular complexity index is 777. The van der Waals surface area contributed by atoms with E-state index >= 15 is 0 Å². The van der Waals surface area contributed by atoms with E-state index in [9.17, 15) is 22.8 Å². The number of nitrogens with zero attached hydrogens (tertiary/aromatic N) is 1. The first-order valence-electron chi connectivity index (χ1n) is 8.49. The number of fused-ring (bicyclic) bond motifs is 1. The molecule has 1 aromatic rings. The van der Waals surface area contributed by atoms with Crippen LogP contribution in [0.5, 0.6) is 11.5 Å². The molecule has 27 heavy (non-hydrogen) atoms. The van der Waals surface area contributed by atoms with Crippen LogP contribution in [0.25, 0.3) is 0 Å². The summed E-state index contributed by atoms with van der Waals surface area (Å²) in [5, 5.41) is 9.16. The third kappa shape index (κ3) is 3.08. The molecule has 2 aliphatic rings. The van der Waals surface area contributed by atoms with Crippen molar-refractivity contribution in [1.29, 1.82) is 0 Å². The number of ether oxygens (including phenoxy) is 2. The predicted molar refractivity (Wildman–Crippen MR) is 87.8 cm³/mol. The Morgan fingerprint density at radius 1 is 1.15 bits per heavy atom. The number of alkyl halides is 3. The quantitative estimate of drug-likeness (QED) is 0.863. The van der Waals surface area contributed by atoms with Crippen LogP contribution in [-0.2, 0) is 15.0 Å². The van der Waals surface area contributed by atoms with Crippen molar-refractivity contribution in [2.45, 2.75) is 31.9 Å². The van der Waals surface area contributed by atoms with Crippen LogP contribution in [-0.4, -0.2) is 54.4 Å². The maximum atomic E-state index is 13.4. The van der Waals surface area contributed by atoms with E-state index in [2.05, 4.69) is 0 Å². The summed E-state index contributed by atoms with van der Waals surface area (Å²) >= 11 is 0. The zero-order valence-corrected chi connectivity index (χ0v) is 14.9. The highest BCUT2D eigenvalue weighted by Gasteiger charge is 2.64. The Balaban J connectivity index is 1.86. The van der Waals surface area contributed by atoms with Gasteiger partial charge in [-0.05, 0) is 38.0 Å². The van der Waals surface area contributed by atoms with E-state index in [1.54, 1.807) is 32.0 Å². The zero-order chi connectivity index (χ0) is 20.0. The first kappa shape index (κ1) is 19.3. The van der Waals surface area contributed by atoms with E-state index in [1.165, 1.54) is 0 Å². The molecule has 0 aliphatic carbocycles. The molecule has 1 unspecified atom stereocenters. The van der Waals surface area contributed by atoms with Crippen LogP contribution < -0.4 is 9.47 Å². The van der Waals surface area contributed by atoms with Crippen molar-refractivity contribution in [3.05, 3.63) is 23.8 Å². The number of halogens is 3. The molecule has 148 valence electrons. The lowest BCUT2D eigenvalue weighted by Crippen LogP contribution is -2.49. The first-order valence-corrected chi connectivity index (χ1v) is 8.49. The molecule has 1 fully saturated rings. The smallest absolute Gasteiger partial charge is 0.406 e. The third-order valence-electron chi connectivity index (χ3n) is 5.31. The van der Waals surface area contributed by atoms with Gasteiger partial charge in [0, 0.05) is 13.1 Å². The van der Waals surface area contributed by atoms with Crippen LogP contribution in [0.3, 0.4) is 0 Å². The highest BCUT2D eigenvalue weighted by molar-refractivity contribution is 5.89. The van der Waals surface area contributed by atoms with Crippen LogP contribution in [0.15, 0.2) is 18.2 Å². The third-order valence-corrected chi connectivity index (χ3v) is 5.31. The van der Waals surface area contributed by atoms with Gasteiger partial charge in [0.05, 0.1) is 5.41 Å². The summed E-state index contributed by atoms with van der Waals surface area (Å²) in [6.45, 7) is 2.81. The molecule has 1 saturated heterocycles. The molecule has 6 nitrogen and oxygen atoms in total. The summed E-state index contributed by atoms with van der Waals surface area (Å²) in [4.78, 5) is 25.3. The van der Waals surface area contributed by atoms with E-state index in [0.29, 0.717) is 30.3 Å². The summed E-state index contributed by atoms with van der Waals surface area (Å²) in [6, 6.07) is 4.95. The molecule has 0 spiro atoms. The number of carboxylic acid groups (broad SMARTS) is 1. The van der Waals surface area contributed by atoms with Crippen LogP contribution in [0.1, 0.15) is 25.8 Å². The summed E-state index contributed by atoms with van der Waals surface area (Å²) in [7, 11) is 0. The summed E-state index contributed by atoms with van der Waals surface area (Å²) in [5.41, 5.74) is -3.53. The number of likely N-dealkylation sites (tertiary alicyclic amines) is 1. The van der Waals surface area contributed by atoms with Crippen molar-refractivity contribution >= 4 is 11.9 Å². The lowest BCUT2D eigenvalue weighted by atomic mass is 9.82. The molecule has 1 N–H and O–H groups in total. The first-order chi connectivity index (χ1) is 12.5. The molecule has 2 heterocycles. The van der Waals surface area contributed by atoms with E-state index in [-0.39, 0.29) is 6.54 Å². The van der Waals surface area contributed by atoms with Crippen LogP contribution in [0.4, 0.5) is 13.2 Å². The monoisotopic (exact) mass is 387 g/mol. The van der Waals surface area contributed by atoms with Gasteiger partial charge in [-0.25, -0.2) is 0 Å². The van der Waals surface area contributed by atoms with E-state index < -0.39 is 41.8 Å². The van der Waals surface area contributed by atoms with E-state index in [4.69, 9.17) is 14.6 Å². The number of carbonyl (C=O) groups is 2. The molecule has 0 saturated carbocycles. The molecule has 0 bridgehead atoms. The average molecular weight is 387 g/mol. The van der Waals surface area contributed by atoms with Crippen molar-refractivity contribution in [1.82, 2.24) is 4.90 Å². The van der Waals surface area contributed by atoms with Crippen molar-refractivity contribution < 1.29 is 37.3 Å². The van der Waals surface area contributed by atoms with Gasteiger partial charge in [0.25, 0.3) is 0 Å². The Kier molecular flexibility index (Phi) is 4.52. The van der Waals surface area contributed by atoms with Gasteiger partial charge in [0.15, 0.2) is 16.9 Å². The van der Waals surface area contributed by atoms with Gasteiger partial charge in [-0.15, -0.1) is 0 Å². The second-order valence-electron chi connectivity index (χ2n) is 7.35. The number of carboxylic acids is 1. The zero-order valence-electron chi connectivity index (χ0n) is 14.9. The second-order valence-corrected chi connectivity index (χ2v) is 7.35. The SMILES string of the molecule is CC(C)(C(=O)N1CCC(C(=O)O)(C(F)(F)F)C1)c1ccc2c(c1)OCCO2. The molecule has 2 aliphatic heterocycles. The Morgan fingerprint density at radius 2 is 1.78 bits per heavy atom. The fourth-order valence-corrected chi connectivity index (χ4v) is 3.46. The minimum absolute atomic E-state index is 0.265. The van der Waals surface area contributed by atoms with Gasteiger partial charge in [0.2, 0.25) is 5.91 Å². The van der Waals surface area contributed by atoms with E-state index in [0.717, 1.165) is 4.90 Å². The number of hydrogen-bond acceptors (Lipinski definition) is 4. The Morgan fingerprint density at radius 3 is 2.33 bits per heavy atom. The molecule has 1 amide bonds. The molecule has 0 aromatic heterocycles. The summed E-state index contributed by atoms with van der Waals surface area (Å²) < 4.78 is 51.0. The van der Waals surface area contributed by atoms with Crippen LogP contribution in [0.2, 0.25) is 0 Å². The number of aliphatic carboxylic acids is 1. The molecule has 1 aromatic carbocycles. The number of amides is 1. The van der Waals surface area contributed by atoms with Crippen molar-refractivity contribution in [3.63, 3.8) is 0 Å². The van der Waals surface area contributed by atoms with Gasteiger partial charge in [0.1, 0.15) is 13.2 Å². The number of rotatable bonds is 3. The highest BCUT2D eigenvalue weighted by Crippen LogP contribution is 2.47. The largest absolute Gasteiger partial charge is 0.486 e. The number of hydrogen-bond donors (Lipinski definition) is 1. The molecular weight excluding hydrogens is 367 g/mol. The van der Waals surface area contributed by atoms with E-state index in [1.807, 2.05) is 0 Å². The number of carbonyl (C=O) groups excluding carboxylic acids is 1. The molecule has 0 radical (unpaired) electrons. The topological polar surface area (TPSA) is 76.1 Å². The normalized spacial score (nSPS) is 22.6. The fraction of sp³-hybridized carbons (Fsp3) is 0.556. The maximum Gasteiger partial charge on any atom is 0.406 e. The van der Waals surface area contributed by atoms with Gasteiger partial charge in [-0.2, -0.15) is 13.2 Å². The molecular formula is C18H20F3NO5. The average Bonchev–Trinajstić information content (AvgIpc) is 3.07. The lowest BCUT2D eigenvalue weighted by Gasteiger charge is -2.32. The minimum Gasteiger partial charge on any atom is -0.486 e. The molecule has 1 atom stereocenters. The molecule has 9 heteroatoms. The standard InChI is InChI=1S/C18H20F3NO5/c1-16(2,11-3-4-12-13(9-11)27-8-7-26-12)14(23)22-6-5-17(10-22,15(24)25)18(19,20)21/h3-4,9H,5-8,10H2,1-2H3,(H,24,25). The maximum absolute atomic E-state index is 13.4. The van der Waals surface area contributed by atoms with Crippen LogP contribution in [0, 0.1) is 5.41 Å². The van der Waals surface area contributed by atoms with Gasteiger partial charge >= 0.3 is 12.1 Å². The van der Waals surface area contributed by atoms with Gasteiger partial charge in [-0.1, -0.05) is 6.07 Å². The van der Waals surface area contributed by atoms with Gasteiger partial charge < -0.3 is 19.5 Å². The number of benzene rings is 1. The summed E-state index contributed by atoms with van der Waals surface area (Å²) in [5.74, 6) is -1.51. The van der Waals surface area contributed by atoms with Crippen molar-refractivity contribution in [3.8, 4) is 11.5 Å². The molecule has 3 rings (SSSR count). The Hall–Kier alpha value is -2.45. The minimum atomic E-state index is -4.94. The predicted octanol–water partition coefficient (Wildman–Crippen LogP) is 2.60. The second kappa shape index (κ2) is 6.31. The highest BCUT2D eigenvalue weighted by atomic mass is 19.4.